The van der Waals surface area contributed by atoms with Gasteiger partial charge in [0, 0.05) is 6.20 Å². The van der Waals surface area contributed by atoms with E-state index in [1.807, 2.05) is 18.2 Å². The molecule has 5 nitrogen and oxygen atoms in total. The van der Waals surface area contributed by atoms with Gasteiger partial charge in [0.2, 0.25) is 0 Å². The molecular formula is C14H11N3O2. The fourth-order valence-electron chi connectivity index (χ4n) is 2.45. The number of benzene rings is 1. The second-order valence-corrected chi connectivity index (χ2v) is 4.59. The molecule has 0 spiro atoms. The van der Waals surface area contributed by atoms with Gasteiger partial charge in [-0.2, -0.15) is 5.26 Å². The van der Waals surface area contributed by atoms with E-state index in [1.165, 1.54) is 21.9 Å². The Morgan fingerprint density at radius 3 is 2.79 bits per heavy atom. The lowest BCUT2D eigenvalue weighted by Gasteiger charge is -2.07. The summed E-state index contributed by atoms with van der Waals surface area (Å²) in [6.45, 7) is 0. The van der Waals surface area contributed by atoms with Crippen molar-refractivity contribution in [2.45, 2.75) is 19.3 Å². The summed E-state index contributed by atoms with van der Waals surface area (Å²) in [5.41, 5.74) is 1.97. The van der Waals surface area contributed by atoms with E-state index in [0.29, 0.717) is 5.69 Å². The van der Waals surface area contributed by atoms with Gasteiger partial charge in [-0.05, 0) is 42.5 Å². The summed E-state index contributed by atoms with van der Waals surface area (Å²) in [7, 11) is 0. The van der Waals surface area contributed by atoms with Crippen LogP contribution in [0.1, 0.15) is 23.1 Å². The van der Waals surface area contributed by atoms with Gasteiger partial charge in [-0.3, -0.25) is 14.3 Å². The molecule has 1 aromatic heterocycles. The zero-order chi connectivity index (χ0) is 13.4. The third-order valence-corrected chi connectivity index (χ3v) is 3.42. The fourth-order valence-corrected chi connectivity index (χ4v) is 2.45. The second-order valence-electron chi connectivity index (χ2n) is 4.59. The van der Waals surface area contributed by atoms with E-state index in [1.54, 1.807) is 6.07 Å². The maximum atomic E-state index is 11.8. The highest BCUT2D eigenvalue weighted by Crippen LogP contribution is 2.23. The topological polar surface area (TPSA) is 78.7 Å². The number of nitrogens with one attached hydrogen (secondary N) is 1. The van der Waals surface area contributed by atoms with Gasteiger partial charge in [-0.15, -0.1) is 0 Å². The normalized spacial score (nSPS) is 13.0. The third-order valence-electron chi connectivity index (χ3n) is 3.42. The average molecular weight is 253 g/mol. The Morgan fingerprint density at radius 2 is 2.00 bits per heavy atom. The molecule has 0 atom stereocenters. The zero-order valence-electron chi connectivity index (χ0n) is 10.1. The molecule has 1 aliphatic rings. The Morgan fingerprint density at radius 1 is 1.21 bits per heavy atom. The van der Waals surface area contributed by atoms with Crippen LogP contribution in [-0.4, -0.2) is 9.55 Å². The Bertz CT molecular complexity index is 809. The molecular weight excluding hydrogens is 242 g/mol. The first kappa shape index (κ1) is 11.5. The van der Waals surface area contributed by atoms with Gasteiger partial charge in [-0.1, -0.05) is 6.07 Å². The minimum absolute atomic E-state index is 0.0694. The summed E-state index contributed by atoms with van der Waals surface area (Å²) in [6, 6.07) is 7.57. The van der Waals surface area contributed by atoms with Crippen molar-refractivity contribution in [3.8, 4) is 11.8 Å². The Hall–Kier alpha value is -2.61. The number of fused-ring (bicyclic) bond motifs is 1. The molecule has 94 valence electrons. The highest BCUT2D eigenvalue weighted by Gasteiger charge is 2.12. The largest absolute Gasteiger partial charge is 0.332 e. The van der Waals surface area contributed by atoms with Gasteiger partial charge >= 0.3 is 5.69 Å². The Balaban J connectivity index is 2.20. The number of hydrogen-bond donors (Lipinski definition) is 1. The lowest BCUT2D eigenvalue weighted by molar-refractivity contribution is 0.886. The molecule has 3 rings (SSSR count). The molecule has 0 aliphatic heterocycles. The van der Waals surface area contributed by atoms with Crippen molar-refractivity contribution in [3.63, 3.8) is 0 Å². The number of aryl methyl sites for hydroxylation is 2. The van der Waals surface area contributed by atoms with E-state index < -0.39 is 11.2 Å². The molecule has 0 radical (unpaired) electrons. The summed E-state index contributed by atoms with van der Waals surface area (Å²) < 4.78 is 1.30. The third kappa shape index (κ3) is 1.87. The molecule has 5 heteroatoms. The van der Waals surface area contributed by atoms with Gasteiger partial charge in [0.25, 0.3) is 5.56 Å². The standard InChI is InChI=1S/C14H11N3O2/c15-7-11-8-17(14(19)16-13(11)18)12-5-4-9-2-1-3-10(9)6-12/h4-6,8H,1-3H2,(H,16,18,19). The quantitative estimate of drug-likeness (QED) is 0.819. The summed E-state index contributed by atoms with van der Waals surface area (Å²) in [4.78, 5) is 25.3. The highest BCUT2D eigenvalue weighted by molar-refractivity contribution is 5.43. The van der Waals surface area contributed by atoms with Crippen LogP contribution in [0.3, 0.4) is 0 Å². The first-order valence-electron chi connectivity index (χ1n) is 6.07. The molecule has 0 saturated heterocycles. The van der Waals surface area contributed by atoms with Crippen LogP contribution in [0.15, 0.2) is 34.0 Å². The fraction of sp³-hybridized carbons (Fsp3) is 0.214. The minimum atomic E-state index is -0.648. The molecule has 0 saturated carbocycles. The molecule has 19 heavy (non-hydrogen) atoms. The van der Waals surface area contributed by atoms with E-state index in [9.17, 15) is 9.59 Å². The lowest BCUT2D eigenvalue weighted by atomic mass is 10.1. The van der Waals surface area contributed by atoms with Crippen LogP contribution < -0.4 is 11.2 Å². The highest BCUT2D eigenvalue weighted by atomic mass is 16.2. The Labute approximate surface area is 108 Å². The van der Waals surface area contributed by atoms with Crippen molar-refractivity contribution in [1.29, 1.82) is 5.26 Å². The first-order valence-corrected chi connectivity index (χ1v) is 6.07. The molecule has 1 heterocycles. The second kappa shape index (κ2) is 4.25. The van der Waals surface area contributed by atoms with E-state index in [0.717, 1.165) is 19.3 Å². The number of nitrogens with zero attached hydrogens (tertiary/aromatic N) is 2. The number of hydrogen-bond acceptors (Lipinski definition) is 3. The van der Waals surface area contributed by atoms with Crippen LogP contribution >= 0.6 is 0 Å². The van der Waals surface area contributed by atoms with Crippen molar-refractivity contribution < 1.29 is 0 Å². The van der Waals surface area contributed by atoms with E-state index >= 15 is 0 Å². The number of rotatable bonds is 1. The van der Waals surface area contributed by atoms with Crippen molar-refractivity contribution >= 4 is 0 Å². The van der Waals surface area contributed by atoms with E-state index in [2.05, 4.69) is 4.98 Å². The van der Waals surface area contributed by atoms with Crippen LogP contribution in [0, 0.1) is 11.3 Å². The SMILES string of the molecule is N#Cc1cn(-c2ccc3c(c2)CCC3)c(=O)[nH]c1=O. The molecule has 1 aromatic carbocycles. The van der Waals surface area contributed by atoms with Crippen LogP contribution in [0.5, 0.6) is 0 Å². The predicted octanol–water partition coefficient (Wildman–Crippen LogP) is 0.886. The predicted molar refractivity (Wildman–Crippen MR) is 69.4 cm³/mol. The van der Waals surface area contributed by atoms with Crippen molar-refractivity contribution in [2.75, 3.05) is 0 Å². The van der Waals surface area contributed by atoms with Gasteiger partial charge in [0.05, 0.1) is 5.69 Å². The summed E-state index contributed by atoms with van der Waals surface area (Å²) in [5.74, 6) is 0. The summed E-state index contributed by atoms with van der Waals surface area (Å²) in [5, 5.41) is 8.85. The monoisotopic (exact) mass is 253 g/mol. The molecule has 0 bridgehead atoms. The molecule has 2 aromatic rings. The van der Waals surface area contributed by atoms with Crippen LogP contribution in [0.4, 0.5) is 0 Å². The smallest absolute Gasteiger partial charge is 0.273 e. The molecule has 0 fully saturated rings. The molecule has 1 N–H and O–H groups in total. The van der Waals surface area contributed by atoms with E-state index in [-0.39, 0.29) is 5.56 Å². The average Bonchev–Trinajstić information content (AvgIpc) is 2.86. The maximum absolute atomic E-state index is 11.8. The number of H-pyrrole nitrogens is 1. The van der Waals surface area contributed by atoms with Crippen molar-refractivity contribution in [1.82, 2.24) is 9.55 Å². The van der Waals surface area contributed by atoms with Crippen LogP contribution in [-0.2, 0) is 12.8 Å². The molecule has 0 amide bonds. The zero-order valence-corrected chi connectivity index (χ0v) is 10.1. The van der Waals surface area contributed by atoms with Gasteiger partial charge in [0.1, 0.15) is 11.6 Å². The maximum Gasteiger partial charge on any atom is 0.332 e. The number of aromatic nitrogens is 2. The molecule has 1 aliphatic carbocycles. The number of nitriles is 1. The number of aromatic amines is 1. The van der Waals surface area contributed by atoms with Crippen LogP contribution in [0.25, 0.3) is 5.69 Å². The van der Waals surface area contributed by atoms with E-state index in [4.69, 9.17) is 5.26 Å². The van der Waals surface area contributed by atoms with Crippen LogP contribution in [0.2, 0.25) is 0 Å². The van der Waals surface area contributed by atoms with Crippen molar-refractivity contribution in [3.05, 3.63) is 61.9 Å². The van der Waals surface area contributed by atoms with Crippen molar-refractivity contribution in [2.24, 2.45) is 0 Å². The minimum Gasteiger partial charge on any atom is -0.273 e. The summed E-state index contributed by atoms with van der Waals surface area (Å²) >= 11 is 0. The Kier molecular flexibility index (Phi) is 2.57. The lowest BCUT2D eigenvalue weighted by Crippen LogP contribution is -2.30. The molecule has 0 unspecified atom stereocenters. The summed E-state index contributed by atoms with van der Waals surface area (Å²) in [6.07, 6.45) is 4.49. The van der Waals surface area contributed by atoms with Gasteiger partial charge < -0.3 is 0 Å². The van der Waals surface area contributed by atoms with Gasteiger partial charge in [-0.25, -0.2) is 4.79 Å². The first-order chi connectivity index (χ1) is 9.19. The van der Waals surface area contributed by atoms with Gasteiger partial charge in [0.15, 0.2) is 0 Å².